The molecule has 4 nitrogen and oxygen atoms in total. The fraction of sp³-hybridized carbons (Fsp3) is 0.560. The molecule has 29 heavy (non-hydrogen) atoms. The van der Waals surface area contributed by atoms with Crippen molar-refractivity contribution in [3.8, 4) is 17.0 Å². The maximum absolute atomic E-state index is 12.9. The molecule has 0 saturated heterocycles. The third-order valence-electron chi connectivity index (χ3n) is 6.75. The number of methoxy groups -OCH3 is 1. The van der Waals surface area contributed by atoms with E-state index < -0.39 is 0 Å². The number of aryl methyl sites for hydroxylation is 1. The lowest BCUT2D eigenvalue weighted by atomic mass is 9.89. The van der Waals surface area contributed by atoms with Crippen LogP contribution in [0.15, 0.2) is 24.3 Å². The Balaban J connectivity index is 1.70. The maximum Gasteiger partial charge on any atom is 0.253 e. The zero-order chi connectivity index (χ0) is 20.4. The highest BCUT2D eigenvalue weighted by Crippen LogP contribution is 2.34. The number of aromatic nitrogens is 1. The van der Waals surface area contributed by atoms with Gasteiger partial charge < -0.3 is 14.6 Å². The van der Waals surface area contributed by atoms with Gasteiger partial charge in [0.2, 0.25) is 0 Å². The van der Waals surface area contributed by atoms with Gasteiger partial charge in [0, 0.05) is 30.0 Å². The predicted molar refractivity (Wildman–Crippen MR) is 118 cm³/mol. The highest BCUT2D eigenvalue weighted by atomic mass is 16.5. The highest BCUT2D eigenvalue weighted by Gasteiger charge is 2.25. The van der Waals surface area contributed by atoms with Crippen LogP contribution in [0.25, 0.3) is 11.3 Å². The third-order valence-corrected chi connectivity index (χ3v) is 6.75. The van der Waals surface area contributed by atoms with E-state index in [1.807, 2.05) is 6.07 Å². The van der Waals surface area contributed by atoms with E-state index in [2.05, 4.69) is 41.9 Å². The molecule has 1 heterocycles. The van der Waals surface area contributed by atoms with Gasteiger partial charge in [0.1, 0.15) is 5.75 Å². The summed E-state index contributed by atoms with van der Waals surface area (Å²) in [5.41, 5.74) is 5.41. The molecule has 1 aromatic heterocycles. The van der Waals surface area contributed by atoms with Crippen LogP contribution in [0.2, 0.25) is 0 Å². The van der Waals surface area contributed by atoms with E-state index in [-0.39, 0.29) is 5.91 Å². The van der Waals surface area contributed by atoms with Crippen molar-refractivity contribution in [2.45, 2.75) is 65.3 Å². The number of amides is 1. The van der Waals surface area contributed by atoms with Gasteiger partial charge in [-0.3, -0.25) is 4.79 Å². The van der Waals surface area contributed by atoms with Crippen molar-refractivity contribution in [3.05, 3.63) is 41.1 Å². The second-order valence-electron chi connectivity index (χ2n) is 8.98. The van der Waals surface area contributed by atoms with Crippen LogP contribution in [0.5, 0.6) is 5.75 Å². The zero-order valence-corrected chi connectivity index (χ0v) is 18.1. The molecular formula is C25H34N2O2. The largest absolute Gasteiger partial charge is 0.497 e. The Hall–Kier alpha value is -2.23. The quantitative estimate of drug-likeness (QED) is 0.674. The average Bonchev–Trinajstić information content (AvgIpc) is 3.52. The molecule has 2 aliphatic carbocycles. The van der Waals surface area contributed by atoms with Gasteiger partial charge in [-0.05, 0) is 75.1 Å². The van der Waals surface area contributed by atoms with E-state index >= 15 is 0 Å². The molecule has 0 bridgehead atoms. The lowest BCUT2D eigenvalue weighted by molar-refractivity contribution is 0.0951. The molecule has 0 atom stereocenters. The Labute approximate surface area is 174 Å². The monoisotopic (exact) mass is 394 g/mol. The van der Waals surface area contributed by atoms with Crippen molar-refractivity contribution in [2.24, 2.45) is 11.8 Å². The predicted octanol–water partition coefficient (Wildman–Crippen LogP) is 5.50. The minimum absolute atomic E-state index is 0.0681. The Bertz CT molecular complexity index is 873. The van der Waals surface area contributed by atoms with E-state index in [1.54, 1.807) is 7.11 Å². The molecular weight excluding hydrogens is 360 g/mol. The summed E-state index contributed by atoms with van der Waals surface area (Å²) >= 11 is 0. The van der Waals surface area contributed by atoms with Crippen molar-refractivity contribution in [1.29, 1.82) is 0 Å². The molecule has 0 unspecified atom stereocenters. The summed E-state index contributed by atoms with van der Waals surface area (Å²) in [6, 6.07) is 8.31. The summed E-state index contributed by atoms with van der Waals surface area (Å²) in [7, 11) is 1.71. The van der Waals surface area contributed by atoms with Crippen LogP contribution in [-0.4, -0.2) is 24.1 Å². The minimum atomic E-state index is 0.0681. The van der Waals surface area contributed by atoms with Crippen LogP contribution in [0.3, 0.4) is 0 Å². The van der Waals surface area contributed by atoms with Gasteiger partial charge in [-0.25, -0.2) is 0 Å². The minimum Gasteiger partial charge on any atom is -0.497 e. The fourth-order valence-corrected chi connectivity index (χ4v) is 4.62. The summed E-state index contributed by atoms with van der Waals surface area (Å²) < 4.78 is 7.88. The number of carbonyl (C=O) groups excluding carboxylic acids is 1. The van der Waals surface area contributed by atoms with Gasteiger partial charge in [0.15, 0.2) is 0 Å². The van der Waals surface area contributed by atoms with Crippen LogP contribution in [0, 0.1) is 25.7 Å². The number of hydrogen-bond donors (Lipinski definition) is 1. The zero-order valence-electron chi connectivity index (χ0n) is 18.1. The molecule has 1 N–H and O–H groups in total. The SMILES string of the molecule is COc1ccc(C)c(-c2cc(C(=O)NCC3CC3)c(C)n2CC2CCCCC2)c1. The normalized spacial score (nSPS) is 17.3. The number of nitrogens with zero attached hydrogens (tertiary/aromatic N) is 1. The van der Waals surface area contributed by atoms with E-state index in [4.69, 9.17) is 4.74 Å². The van der Waals surface area contributed by atoms with Gasteiger partial charge in [0.05, 0.1) is 12.7 Å². The van der Waals surface area contributed by atoms with E-state index in [0.29, 0.717) is 11.8 Å². The first-order chi connectivity index (χ1) is 14.1. The molecule has 0 aliphatic heterocycles. The number of rotatable bonds is 7. The van der Waals surface area contributed by atoms with Gasteiger partial charge in [0.25, 0.3) is 5.91 Å². The van der Waals surface area contributed by atoms with Gasteiger partial charge in [-0.2, -0.15) is 0 Å². The molecule has 2 aliphatic rings. The molecule has 2 saturated carbocycles. The van der Waals surface area contributed by atoms with Crippen LogP contribution >= 0.6 is 0 Å². The Kier molecular flexibility index (Phi) is 5.98. The number of carbonyl (C=O) groups is 1. The van der Waals surface area contributed by atoms with Crippen molar-refractivity contribution >= 4 is 5.91 Å². The van der Waals surface area contributed by atoms with Gasteiger partial charge >= 0.3 is 0 Å². The standard InChI is InChI=1S/C25H34N2O2/c1-17-9-12-21(29-3)13-22(17)24-14-23(25(28)26-15-19-10-11-19)18(2)27(24)16-20-7-5-4-6-8-20/h9,12-14,19-20H,4-8,10-11,15-16H2,1-3H3,(H,26,28). The van der Waals surface area contributed by atoms with Crippen molar-refractivity contribution in [1.82, 2.24) is 9.88 Å². The Morgan fingerprint density at radius 2 is 1.83 bits per heavy atom. The summed E-state index contributed by atoms with van der Waals surface area (Å²) in [6.07, 6.45) is 9.08. The number of hydrogen-bond acceptors (Lipinski definition) is 2. The van der Waals surface area contributed by atoms with E-state index in [1.165, 1.54) is 50.5 Å². The van der Waals surface area contributed by atoms with Crippen LogP contribution in [0.4, 0.5) is 0 Å². The fourth-order valence-electron chi connectivity index (χ4n) is 4.62. The molecule has 1 amide bonds. The van der Waals surface area contributed by atoms with Crippen LogP contribution in [-0.2, 0) is 6.54 Å². The van der Waals surface area contributed by atoms with Gasteiger partial charge in [-0.1, -0.05) is 25.3 Å². The molecule has 4 rings (SSSR count). The molecule has 2 aromatic rings. The molecule has 156 valence electrons. The van der Waals surface area contributed by atoms with Crippen molar-refractivity contribution in [3.63, 3.8) is 0 Å². The first-order valence-electron chi connectivity index (χ1n) is 11.2. The lowest BCUT2D eigenvalue weighted by Gasteiger charge is -2.24. The number of benzene rings is 1. The summed E-state index contributed by atoms with van der Waals surface area (Å²) in [5, 5.41) is 3.16. The van der Waals surface area contributed by atoms with Gasteiger partial charge in [-0.15, -0.1) is 0 Å². The second-order valence-corrected chi connectivity index (χ2v) is 8.98. The Morgan fingerprint density at radius 1 is 1.07 bits per heavy atom. The highest BCUT2D eigenvalue weighted by molar-refractivity contribution is 5.97. The summed E-state index contributed by atoms with van der Waals surface area (Å²) in [6.45, 7) is 6.04. The second kappa shape index (κ2) is 8.64. The van der Waals surface area contributed by atoms with Crippen molar-refractivity contribution in [2.75, 3.05) is 13.7 Å². The topological polar surface area (TPSA) is 43.3 Å². The lowest BCUT2D eigenvalue weighted by Crippen LogP contribution is -2.26. The van der Waals surface area contributed by atoms with E-state index in [9.17, 15) is 4.79 Å². The molecule has 0 radical (unpaired) electrons. The Morgan fingerprint density at radius 3 is 2.52 bits per heavy atom. The van der Waals surface area contributed by atoms with E-state index in [0.717, 1.165) is 41.4 Å². The van der Waals surface area contributed by atoms with Crippen molar-refractivity contribution < 1.29 is 9.53 Å². The van der Waals surface area contributed by atoms with Crippen LogP contribution < -0.4 is 10.1 Å². The molecule has 1 aromatic carbocycles. The molecule has 4 heteroatoms. The van der Waals surface area contributed by atoms with Crippen LogP contribution in [0.1, 0.15) is 66.6 Å². The smallest absolute Gasteiger partial charge is 0.253 e. The molecule has 0 spiro atoms. The summed E-state index contributed by atoms with van der Waals surface area (Å²) in [4.78, 5) is 12.9. The first kappa shape index (κ1) is 20.1. The maximum atomic E-state index is 12.9. The molecule has 2 fully saturated rings. The number of ether oxygens (including phenoxy) is 1. The average molecular weight is 395 g/mol. The first-order valence-corrected chi connectivity index (χ1v) is 11.2. The number of nitrogens with one attached hydrogen (secondary N) is 1. The third kappa shape index (κ3) is 4.52. The summed E-state index contributed by atoms with van der Waals surface area (Å²) in [5.74, 6) is 2.30.